The van der Waals surface area contributed by atoms with Gasteiger partial charge in [0.2, 0.25) is 0 Å². The standard InChI is InChI=1S/C15H24N4O.HI/c1-5-17-13(20)12-8-6-7-11(9-12)10-18-14(16)19-15(2,3)4;/h6-9H,5,10H2,1-4H3,(H,17,20)(H3,16,18,19);1H. The van der Waals surface area contributed by atoms with E-state index in [-0.39, 0.29) is 35.4 Å². The van der Waals surface area contributed by atoms with Crippen LogP contribution in [0.15, 0.2) is 29.3 Å². The number of hydrogen-bond acceptors (Lipinski definition) is 2. The molecule has 1 rings (SSSR count). The Morgan fingerprint density at radius 1 is 1.33 bits per heavy atom. The molecular weight excluding hydrogens is 379 g/mol. The Morgan fingerprint density at radius 3 is 2.57 bits per heavy atom. The molecule has 0 aliphatic heterocycles. The van der Waals surface area contributed by atoms with Crippen LogP contribution in [0.3, 0.4) is 0 Å². The van der Waals surface area contributed by atoms with Crippen LogP contribution in [0, 0.1) is 0 Å². The molecule has 1 aromatic carbocycles. The normalized spacial score (nSPS) is 11.5. The van der Waals surface area contributed by atoms with Crippen molar-refractivity contribution in [3.63, 3.8) is 0 Å². The van der Waals surface area contributed by atoms with E-state index in [4.69, 9.17) is 5.73 Å². The summed E-state index contributed by atoms with van der Waals surface area (Å²) in [6.45, 7) is 9.01. The Morgan fingerprint density at radius 2 is 2.00 bits per heavy atom. The van der Waals surface area contributed by atoms with Crippen molar-refractivity contribution in [2.75, 3.05) is 6.54 Å². The van der Waals surface area contributed by atoms with Crippen molar-refractivity contribution in [2.24, 2.45) is 10.7 Å². The summed E-state index contributed by atoms with van der Waals surface area (Å²) in [6.07, 6.45) is 0. The first-order valence-corrected chi connectivity index (χ1v) is 6.77. The van der Waals surface area contributed by atoms with E-state index < -0.39 is 0 Å². The van der Waals surface area contributed by atoms with Crippen LogP contribution in [0.25, 0.3) is 0 Å². The highest BCUT2D eigenvalue weighted by Gasteiger charge is 2.09. The van der Waals surface area contributed by atoms with E-state index in [2.05, 4.69) is 15.6 Å². The first-order chi connectivity index (χ1) is 9.31. The number of benzene rings is 1. The summed E-state index contributed by atoms with van der Waals surface area (Å²) in [6, 6.07) is 7.40. The monoisotopic (exact) mass is 404 g/mol. The second-order valence-corrected chi connectivity index (χ2v) is 5.64. The lowest BCUT2D eigenvalue weighted by atomic mass is 10.1. The molecule has 0 spiro atoms. The molecule has 0 unspecified atom stereocenters. The molecule has 0 fully saturated rings. The number of carbonyl (C=O) groups is 1. The second-order valence-electron chi connectivity index (χ2n) is 5.64. The van der Waals surface area contributed by atoms with Crippen molar-refractivity contribution in [1.29, 1.82) is 0 Å². The van der Waals surface area contributed by atoms with Crippen LogP contribution < -0.4 is 16.4 Å². The third-order valence-corrected chi connectivity index (χ3v) is 2.46. The van der Waals surface area contributed by atoms with E-state index in [0.717, 1.165) is 5.56 Å². The lowest BCUT2D eigenvalue weighted by molar-refractivity contribution is 0.0955. The minimum absolute atomic E-state index is 0. The van der Waals surface area contributed by atoms with E-state index in [1.54, 1.807) is 6.07 Å². The van der Waals surface area contributed by atoms with E-state index in [1.165, 1.54) is 0 Å². The van der Waals surface area contributed by atoms with Gasteiger partial charge in [0.05, 0.1) is 6.54 Å². The second kappa shape index (κ2) is 8.86. The van der Waals surface area contributed by atoms with E-state index in [0.29, 0.717) is 24.6 Å². The van der Waals surface area contributed by atoms with Crippen molar-refractivity contribution in [3.05, 3.63) is 35.4 Å². The molecule has 5 nitrogen and oxygen atoms in total. The van der Waals surface area contributed by atoms with E-state index in [9.17, 15) is 4.79 Å². The van der Waals surface area contributed by atoms with Crippen molar-refractivity contribution in [3.8, 4) is 0 Å². The van der Waals surface area contributed by atoms with E-state index >= 15 is 0 Å². The van der Waals surface area contributed by atoms with Gasteiger partial charge in [0, 0.05) is 17.6 Å². The largest absolute Gasteiger partial charge is 0.370 e. The topological polar surface area (TPSA) is 79.5 Å². The van der Waals surface area contributed by atoms with Crippen LogP contribution in [0.2, 0.25) is 0 Å². The first kappa shape index (κ1) is 19.7. The average molecular weight is 404 g/mol. The van der Waals surface area contributed by atoms with Gasteiger partial charge in [0.1, 0.15) is 0 Å². The molecule has 1 amide bonds. The SMILES string of the molecule is CCNC(=O)c1cccc(CN=C(N)NC(C)(C)C)c1.I. The van der Waals surface area contributed by atoms with Crippen LogP contribution >= 0.6 is 24.0 Å². The van der Waals surface area contributed by atoms with Gasteiger partial charge in [0.15, 0.2) is 5.96 Å². The van der Waals surface area contributed by atoms with Gasteiger partial charge in [-0.1, -0.05) is 12.1 Å². The lowest BCUT2D eigenvalue weighted by Crippen LogP contribution is -2.44. The molecule has 0 aromatic heterocycles. The third kappa shape index (κ3) is 7.89. The summed E-state index contributed by atoms with van der Waals surface area (Å²) in [4.78, 5) is 16.0. The molecule has 6 heteroatoms. The maximum Gasteiger partial charge on any atom is 0.251 e. The molecule has 0 aliphatic rings. The quantitative estimate of drug-likeness (QED) is 0.409. The Hall–Kier alpha value is -1.31. The van der Waals surface area contributed by atoms with Crippen molar-refractivity contribution >= 4 is 35.8 Å². The minimum Gasteiger partial charge on any atom is -0.370 e. The number of aliphatic imine (C=N–C) groups is 1. The van der Waals surface area contributed by atoms with Crippen LogP contribution in [-0.4, -0.2) is 24.0 Å². The molecule has 0 atom stereocenters. The molecular formula is C15H25IN4O. The third-order valence-electron chi connectivity index (χ3n) is 2.46. The number of rotatable bonds is 4. The fraction of sp³-hybridized carbons (Fsp3) is 0.467. The van der Waals surface area contributed by atoms with Crippen LogP contribution in [0.1, 0.15) is 43.6 Å². The molecule has 118 valence electrons. The number of hydrogen-bond donors (Lipinski definition) is 3. The molecule has 4 N–H and O–H groups in total. The predicted molar refractivity (Wildman–Crippen MR) is 98.1 cm³/mol. The summed E-state index contributed by atoms with van der Waals surface area (Å²) >= 11 is 0. The molecule has 0 saturated heterocycles. The number of nitrogens with one attached hydrogen (secondary N) is 2. The number of guanidine groups is 1. The summed E-state index contributed by atoms with van der Waals surface area (Å²) < 4.78 is 0. The van der Waals surface area contributed by atoms with Crippen molar-refractivity contribution in [1.82, 2.24) is 10.6 Å². The average Bonchev–Trinajstić information content (AvgIpc) is 2.35. The van der Waals surface area contributed by atoms with Crippen LogP contribution in [0.5, 0.6) is 0 Å². The van der Waals surface area contributed by atoms with Gasteiger partial charge in [-0.3, -0.25) is 4.79 Å². The number of carbonyl (C=O) groups excluding carboxylic acids is 1. The van der Waals surface area contributed by atoms with Gasteiger partial charge in [-0.15, -0.1) is 24.0 Å². The number of amides is 1. The van der Waals surface area contributed by atoms with Gasteiger partial charge in [-0.2, -0.15) is 0 Å². The van der Waals surface area contributed by atoms with Crippen molar-refractivity contribution in [2.45, 2.75) is 39.8 Å². The van der Waals surface area contributed by atoms with E-state index in [1.807, 2.05) is 45.9 Å². The Kier molecular flexibility index (Phi) is 8.31. The van der Waals surface area contributed by atoms with Gasteiger partial charge in [-0.05, 0) is 45.4 Å². The van der Waals surface area contributed by atoms with Crippen LogP contribution in [0.4, 0.5) is 0 Å². The Bertz CT molecular complexity index is 495. The zero-order chi connectivity index (χ0) is 15.2. The molecule has 0 saturated carbocycles. The number of halogens is 1. The number of nitrogens with two attached hydrogens (primary N) is 1. The van der Waals surface area contributed by atoms with Gasteiger partial charge in [-0.25, -0.2) is 4.99 Å². The highest BCUT2D eigenvalue weighted by atomic mass is 127. The highest BCUT2D eigenvalue weighted by molar-refractivity contribution is 14.0. The summed E-state index contributed by atoms with van der Waals surface area (Å²) in [7, 11) is 0. The summed E-state index contributed by atoms with van der Waals surface area (Å²) in [5.41, 5.74) is 7.29. The van der Waals surface area contributed by atoms with Gasteiger partial charge >= 0.3 is 0 Å². The van der Waals surface area contributed by atoms with Gasteiger partial charge in [0.25, 0.3) is 5.91 Å². The zero-order valence-electron chi connectivity index (χ0n) is 13.1. The molecule has 0 aliphatic carbocycles. The lowest BCUT2D eigenvalue weighted by Gasteiger charge is -2.21. The van der Waals surface area contributed by atoms with Gasteiger partial charge < -0.3 is 16.4 Å². The predicted octanol–water partition coefficient (Wildman–Crippen LogP) is 2.26. The maximum atomic E-state index is 11.7. The summed E-state index contributed by atoms with van der Waals surface area (Å²) in [5, 5.41) is 5.87. The highest BCUT2D eigenvalue weighted by Crippen LogP contribution is 2.07. The Balaban J connectivity index is 0.00000400. The Labute approximate surface area is 143 Å². The fourth-order valence-corrected chi connectivity index (χ4v) is 1.67. The summed E-state index contributed by atoms with van der Waals surface area (Å²) in [5.74, 6) is 0.333. The zero-order valence-corrected chi connectivity index (χ0v) is 15.4. The van der Waals surface area contributed by atoms with Crippen molar-refractivity contribution < 1.29 is 4.79 Å². The number of nitrogens with zero attached hydrogens (tertiary/aromatic N) is 1. The molecule has 1 aromatic rings. The fourth-order valence-electron chi connectivity index (χ4n) is 1.67. The maximum absolute atomic E-state index is 11.7. The molecule has 0 bridgehead atoms. The first-order valence-electron chi connectivity index (χ1n) is 6.77. The molecule has 21 heavy (non-hydrogen) atoms. The molecule has 0 radical (unpaired) electrons. The smallest absolute Gasteiger partial charge is 0.251 e. The van der Waals surface area contributed by atoms with Crippen LogP contribution in [-0.2, 0) is 6.54 Å². The minimum atomic E-state index is -0.115. The molecule has 0 heterocycles.